The van der Waals surface area contributed by atoms with Gasteiger partial charge in [0.2, 0.25) is 0 Å². The molecular formula is C14H28N2O4. The first-order valence-electron chi connectivity index (χ1n) is 7.08. The van der Waals surface area contributed by atoms with Crippen molar-refractivity contribution in [1.82, 2.24) is 4.90 Å². The van der Waals surface area contributed by atoms with Crippen LogP contribution in [0, 0.1) is 5.92 Å². The molecule has 118 valence electrons. The maximum Gasteiger partial charge on any atom is 0.327 e. The van der Waals surface area contributed by atoms with Crippen molar-refractivity contribution in [3.8, 4) is 0 Å². The third kappa shape index (κ3) is 4.41. The number of carbonyl (C=O) groups is 1. The Labute approximate surface area is 121 Å². The molecule has 0 spiro atoms. The van der Waals surface area contributed by atoms with Crippen molar-refractivity contribution in [1.29, 1.82) is 0 Å². The van der Waals surface area contributed by atoms with E-state index in [0.29, 0.717) is 26.3 Å². The van der Waals surface area contributed by atoms with Crippen LogP contribution in [-0.2, 0) is 19.0 Å². The summed E-state index contributed by atoms with van der Waals surface area (Å²) in [5.74, 6) is -0.109. The molecular weight excluding hydrogens is 260 g/mol. The molecule has 0 aromatic carbocycles. The molecule has 2 unspecified atom stereocenters. The van der Waals surface area contributed by atoms with Gasteiger partial charge in [-0.15, -0.1) is 0 Å². The molecule has 0 aliphatic heterocycles. The summed E-state index contributed by atoms with van der Waals surface area (Å²) in [6.45, 7) is 4.42. The lowest BCUT2D eigenvalue weighted by molar-refractivity contribution is -0.149. The van der Waals surface area contributed by atoms with Gasteiger partial charge in [-0.2, -0.15) is 0 Å². The van der Waals surface area contributed by atoms with Crippen LogP contribution in [0.4, 0.5) is 0 Å². The van der Waals surface area contributed by atoms with Gasteiger partial charge in [-0.1, -0.05) is 0 Å². The number of nitrogens with two attached hydrogens (primary N) is 1. The minimum Gasteiger partial charge on any atom is -0.468 e. The molecule has 0 bridgehead atoms. The molecule has 1 saturated carbocycles. The van der Waals surface area contributed by atoms with Crippen LogP contribution in [0.5, 0.6) is 0 Å². The maximum atomic E-state index is 12.1. The highest BCUT2D eigenvalue weighted by atomic mass is 16.5. The van der Waals surface area contributed by atoms with Crippen molar-refractivity contribution in [2.45, 2.75) is 31.3 Å². The van der Waals surface area contributed by atoms with Crippen LogP contribution in [-0.4, -0.2) is 70.1 Å². The average molecular weight is 288 g/mol. The zero-order valence-electron chi connectivity index (χ0n) is 13.1. The smallest absolute Gasteiger partial charge is 0.327 e. The van der Waals surface area contributed by atoms with Crippen molar-refractivity contribution >= 4 is 5.97 Å². The normalized spacial score (nSPS) is 19.7. The summed E-state index contributed by atoms with van der Waals surface area (Å²) in [4.78, 5) is 14.2. The number of carbonyl (C=O) groups excluding carboxylic acids is 1. The summed E-state index contributed by atoms with van der Waals surface area (Å²) in [6, 6.07) is 0.168. The van der Waals surface area contributed by atoms with Crippen molar-refractivity contribution in [3.05, 3.63) is 0 Å². The van der Waals surface area contributed by atoms with Gasteiger partial charge < -0.3 is 19.9 Å². The molecule has 0 saturated heterocycles. The van der Waals surface area contributed by atoms with Crippen LogP contribution in [0.15, 0.2) is 0 Å². The number of hydrogen-bond acceptors (Lipinski definition) is 6. The van der Waals surface area contributed by atoms with Crippen molar-refractivity contribution in [3.63, 3.8) is 0 Å². The SMILES string of the molecule is COCCN(CC(N)(C(=O)OC)C1CC1)C(C)COC. The van der Waals surface area contributed by atoms with E-state index in [2.05, 4.69) is 11.8 Å². The molecule has 0 heterocycles. The molecule has 20 heavy (non-hydrogen) atoms. The van der Waals surface area contributed by atoms with Gasteiger partial charge in [-0.05, 0) is 25.7 Å². The molecule has 1 rings (SSSR count). The number of ether oxygens (including phenoxy) is 3. The summed E-state index contributed by atoms with van der Waals surface area (Å²) in [6.07, 6.45) is 1.98. The molecule has 2 atom stereocenters. The molecule has 1 fully saturated rings. The minimum atomic E-state index is -0.926. The number of esters is 1. The Bertz CT molecular complexity index is 310. The summed E-state index contributed by atoms with van der Waals surface area (Å²) in [7, 11) is 4.72. The lowest BCUT2D eigenvalue weighted by Crippen LogP contribution is -2.60. The molecule has 6 heteroatoms. The number of rotatable bonds is 10. The molecule has 0 radical (unpaired) electrons. The monoisotopic (exact) mass is 288 g/mol. The Kier molecular flexibility index (Phi) is 6.88. The summed E-state index contributed by atoms with van der Waals surface area (Å²) < 4.78 is 15.2. The molecule has 0 amide bonds. The Morgan fingerprint density at radius 2 is 2.00 bits per heavy atom. The van der Waals surface area contributed by atoms with E-state index in [9.17, 15) is 4.79 Å². The lowest BCUT2D eigenvalue weighted by atomic mass is 9.93. The van der Waals surface area contributed by atoms with Crippen LogP contribution < -0.4 is 5.73 Å². The Balaban J connectivity index is 2.75. The summed E-state index contributed by atoms with van der Waals surface area (Å²) in [5, 5.41) is 0. The first kappa shape index (κ1) is 17.4. The fraction of sp³-hybridized carbons (Fsp3) is 0.929. The van der Waals surface area contributed by atoms with E-state index in [-0.39, 0.29) is 17.9 Å². The zero-order valence-corrected chi connectivity index (χ0v) is 13.1. The summed E-state index contributed by atoms with van der Waals surface area (Å²) >= 11 is 0. The van der Waals surface area contributed by atoms with E-state index in [1.807, 2.05) is 0 Å². The van der Waals surface area contributed by atoms with Crippen molar-refractivity contribution in [2.24, 2.45) is 11.7 Å². The van der Waals surface area contributed by atoms with E-state index >= 15 is 0 Å². The van der Waals surface area contributed by atoms with Gasteiger partial charge in [0, 0.05) is 33.4 Å². The zero-order chi connectivity index (χ0) is 15.2. The van der Waals surface area contributed by atoms with Crippen molar-refractivity contribution in [2.75, 3.05) is 47.6 Å². The van der Waals surface area contributed by atoms with Crippen LogP contribution in [0.3, 0.4) is 0 Å². The van der Waals surface area contributed by atoms with Gasteiger partial charge in [0.05, 0.1) is 20.3 Å². The second kappa shape index (κ2) is 7.93. The lowest BCUT2D eigenvalue weighted by Gasteiger charge is -2.36. The van der Waals surface area contributed by atoms with Crippen LogP contribution in [0.2, 0.25) is 0 Å². The molecule has 0 aromatic heterocycles. The number of hydrogen-bond donors (Lipinski definition) is 1. The van der Waals surface area contributed by atoms with Crippen LogP contribution in [0.25, 0.3) is 0 Å². The molecule has 0 aromatic rings. The highest BCUT2D eigenvalue weighted by Crippen LogP contribution is 2.39. The largest absolute Gasteiger partial charge is 0.468 e. The maximum absolute atomic E-state index is 12.1. The van der Waals surface area contributed by atoms with E-state index in [4.69, 9.17) is 19.9 Å². The van der Waals surface area contributed by atoms with Gasteiger partial charge in [0.15, 0.2) is 0 Å². The van der Waals surface area contributed by atoms with Gasteiger partial charge in [-0.25, -0.2) is 0 Å². The van der Waals surface area contributed by atoms with Gasteiger partial charge in [-0.3, -0.25) is 9.69 Å². The second-order valence-electron chi connectivity index (χ2n) is 5.57. The fourth-order valence-electron chi connectivity index (χ4n) is 2.50. The second-order valence-corrected chi connectivity index (χ2v) is 5.57. The standard InChI is InChI=1S/C14H28N2O4/c1-11(9-19-3)16(7-8-18-2)10-14(15,12-5-6-12)13(17)20-4/h11-12H,5-10,15H2,1-4H3. The molecule has 6 nitrogen and oxygen atoms in total. The molecule has 1 aliphatic rings. The topological polar surface area (TPSA) is 74.0 Å². The van der Waals surface area contributed by atoms with E-state index in [1.165, 1.54) is 7.11 Å². The minimum absolute atomic E-state index is 0.168. The summed E-state index contributed by atoms with van der Waals surface area (Å²) in [5.41, 5.74) is 5.44. The Hall–Kier alpha value is -0.690. The Morgan fingerprint density at radius 1 is 1.35 bits per heavy atom. The van der Waals surface area contributed by atoms with E-state index in [1.54, 1.807) is 14.2 Å². The van der Waals surface area contributed by atoms with E-state index < -0.39 is 5.54 Å². The van der Waals surface area contributed by atoms with Gasteiger partial charge in [0.1, 0.15) is 5.54 Å². The molecule has 2 N–H and O–H groups in total. The van der Waals surface area contributed by atoms with Crippen LogP contribution in [0.1, 0.15) is 19.8 Å². The van der Waals surface area contributed by atoms with E-state index in [0.717, 1.165) is 12.8 Å². The fourth-order valence-corrected chi connectivity index (χ4v) is 2.50. The predicted molar refractivity (Wildman–Crippen MR) is 76.4 cm³/mol. The predicted octanol–water partition coefficient (Wildman–Crippen LogP) is 0.250. The highest BCUT2D eigenvalue weighted by Gasteiger charge is 2.50. The number of nitrogens with zero attached hydrogens (tertiary/aromatic N) is 1. The van der Waals surface area contributed by atoms with Crippen molar-refractivity contribution < 1.29 is 19.0 Å². The Morgan fingerprint density at radius 3 is 2.45 bits per heavy atom. The van der Waals surface area contributed by atoms with Gasteiger partial charge in [0.25, 0.3) is 0 Å². The average Bonchev–Trinajstić information content (AvgIpc) is 3.27. The van der Waals surface area contributed by atoms with Crippen LogP contribution >= 0.6 is 0 Å². The third-order valence-electron chi connectivity index (χ3n) is 3.95. The first-order valence-corrected chi connectivity index (χ1v) is 7.08. The highest BCUT2D eigenvalue weighted by molar-refractivity contribution is 5.81. The first-order chi connectivity index (χ1) is 9.49. The van der Waals surface area contributed by atoms with Gasteiger partial charge >= 0.3 is 5.97 Å². The molecule has 1 aliphatic carbocycles. The third-order valence-corrected chi connectivity index (χ3v) is 3.95. The quantitative estimate of drug-likeness (QED) is 0.581. The number of methoxy groups -OCH3 is 3.